The summed E-state index contributed by atoms with van der Waals surface area (Å²) in [4.78, 5) is 0. The summed E-state index contributed by atoms with van der Waals surface area (Å²) < 4.78 is 1.52. The first-order valence-electron chi connectivity index (χ1n) is 3.45. The van der Waals surface area contributed by atoms with Gasteiger partial charge in [-0.1, -0.05) is 6.58 Å². The zero-order chi connectivity index (χ0) is 8.72. The second kappa shape index (κ2) is 2.10. The van der Waals surface area contributed by atoms with E-state index in [-0.39, 0.29) is 0 Å². The Hall–Kier alpha value is -1.78. The number of fused-ring (bicyclic) bond motifs is 1. The van der Waals surface area contributed by atoms with E-state index >= 15 is 0 Å². The highest BCUT2D eigenvalue weighted by Gasteiger charge is 2.07. The molecule has 1 N–H and O–H groups in total. The minimum atomic E-state index is 0.433. The van der Waals surface area contributed by atoms with Crippen LogP contribution in [0.5, 0.6) is 0 Å². The number of aryl methyl sites for hydroxylation is 1. The van der Waals surface area contributed by atoms with Crippen molar-refractivity contribution in [3.8, 4) is 0 Å². The Balaban J connectivity index is 2.97. The molecule has 0 saturated heterocycles. The fourth-order valence-corrected chi connectivity index (χ4v) is 1.04. The van der Waals surface area contributed by atoms with Crippen LogP contribution in [0.3, 0.4) is 0 Å². The first-order valence-corrected chi connectivity index (χ1v) is 3.45. The normalized spacial score (nSPS) is 10.8. The number of aromatic nitrogens is 4. The predicted molar refractivity (Wildman–Crippen MR) is 44.1 cm³/mol. The minimum absolute atomic E-state index is 0.433. The molecule has 0 atom stereocenters. The summed E-state index contributed by atoms with van der Waals surface area (Å²) in [7, 11) is 0. The lowest BCUT2D eigenvalue weighted by Gasteiger charge is -1.81. The molecular weight excluding hydrogens is 154 g/mol. The molecule has 2 rings (SSSR count). The average Bonchev–Trinajstić information content (AvgIpc) is 2.55. The first-order chi connectivity index (χ1) is 5.74. The monoisotopic (exact) mass is 161 g/mol. The Morgan fingerprint density at radius 1 is 1.50 bits per heavy atom. The molecule has 2 aromatic rings. The Kier molecular flexibility index (Phi) is 1.21. The van der Waals surface area contributed by atoms with Gasteiger partial charge in [0.2, 0.25) is 0 Å². The standard InChI is InChI=1S/C7H7N5/c1-4-5(2)11-12-6(3-8)9-10-7(4)12/h3,8H,1H2,2H3. The van der Waals surface area contributed by atoms with Gasteiger partial charge in [0.05, 0.1) is 11.9 Å². The predicted octanol–water partition coefficient (Wildman–Crippen LogP) is -0.440. The van der Waals surface area contributed by atoms with E-state index in [1.165, 1.54) is 4.52 Å². The highest BCUT2D eigenvalue weighted by molar-refractivity contribution is 5.72. The average molecular weight is 161 g/mol. The van der Waals surface area contributed by atoms with Crippen molar-refractivity contribution in [3.63, 3.8) is 0 Å². The number of nitrogens with one attached hydrogen (secondary N) is 1. The molecule has 0 aromatic carbocycles. The molecule has 2 aromatic heterocycles. The molecule has 0 radical (unpaired) electrons. The van der Waals surface area contributed by atoms with E-state index in [9.17, 15) is 0 Å². The molecule has 0 amide bonds. The molecule has 60 valence electrons. The summed E-state index contributed by atoms with van der Waals surface area (Å²) in [6.45, 7) is 5.65. The number of rotatable bonds is 1. The summed E-state index contributed by atoms with van der Waals surface area (Å²) in [6, 6.07) is 0. The van der Waals surface area contributed by atoms with Crippen LogP contribution in [0, 0.1) is 12.3 Å². The van der Waals surface area contributed by atoms with Crippen molar-refractivity contribution in [1.29, 1.82) is 5.41 Å². The van der Waals surface area contributed by atoms with Gasteiger partial charge in [0.15, 0.2) is 11.5 Å². The number of hydrogen-bond donors (Lipinski definition) is 1. The maximum atomic E-state index is 7.01. The summed E-state index contributed by atoms with van der Waals surface area (Å²) in [5.41, 5.74) is 1.45. The van der Waals surface area contributed by atoms with E-state index in [4.69, 9.17) is 5.41 Å². The van der Waals surface area contributed by atoms with E-state index in [1.54, 1.807) is 0 Å². The zero-order valence-electron chi connectivity index (χ0n) is 6.57. The largest absolute Gasteiger partial charge is 0.305 e. The van der Waals surface area contributed by atoms with Gasteiger partial charge in [0.1, 0.15) is 0 Å². The van der Waals surface area contributed by atoms with E-state index in [0.29, 0.717) is 11.5 Å². The third-order valence-electron chi connectivity index (χ3n) is 1.75. The molecule has 0 fully saturated rings. The van der Waals surface area contributed by atoms with E-state index in [0.717, 1.165) is 17.1 Å². The molecule has 0 aliphatic carbocycles. The van der Waals surface area contributed by atoms with Gasteiger partial charge in [0, 0.05) is 5.22 Å². The van der Waals surface area contributed by atoms with Crippen molar-refractivity contribution in [1.82, 2.24) is 19.8 Å². The van der Waals surface area contributed by atoms with E-state index in [1.807, 2.05) is 6.92 Å². The van der Waals surface area contributed by atoms with Crippen LogP contribution >= 0.6 is 0 Å². The van der Waals surface area contributed by atoms with Crippen molar-refractivity contribution in [2.24, 2.45) is 0 Å². The van der Waals surface area contributed by atoms with Crippen molar-refractivity contribution in [2.75, 3.05) is 0 Å². The Morgan fingerprint density at radius 2 is 2.25 bits per heavy atom. The molecule has 12 heavy (non-hydrogen) atoms. The highest BCUT2D eigenvalue weighted by Crippen LogP contribution is 1.95. The third kappa shape index (κ3) is 0.674. The second-order valence-electron chi connectivity index (χ2n) is 2.50. The summed E-state index contributed by atoms with van der Waals surface area (Å²) in [5, 5.41) is 19.5. The molecule has 0 aliphatic rings. The van der Waals surface area contributed by atoms with Crippen LogP contribution < -0.4 is 5.22 Å². The van der Waals surface area contributed by atoms with Crippen molar-refractivity contribution in [2.45, 2.75) is 6.92 Å². The molecular formula is C7H7N5. The van der Waals surface area contributed by atoms with Crippen LogP contribution in [-0.2, 0) is 0 Å². The van der Waals surface area contributed by atoms with Crippen LogP contribution in [0.2, 0.25) is 0 Å². The molecule has 5 heteroatoms. The quantitative estimate of drug-likeness (QED) is 0.576. The maximum Gasteiger partial charge on any atom is 0.195 e. The second-order valence-corrected chi connectivity index (χ2v) is 2.50. The molecule has 0 aliphatic heterocycles. The molecule has 0 unspecified atom stereocenters. The first kappa shape index (κ1) is 6.90. The summed E-state index contributed by atoms with van der Waals surface area (Å²) in [5.74, 6) is 0.433. The topological polar surface area (TPSA) is 66.9 Å². The van der Waals surface area contributed by atoms with Crippen LogP contribution in [0.1, 0.15) is 11.5 Å². The van der Waals surface area contributed by atoms with E-state index < -0.39 is 0 Å². The lowest BCUT2D eigenvalue weighted by atomic mass is 10.4. The van der Waals surface area contributed by atoms with Crippen LogP contribution in [0.4, 0.5) is 0 Å². The van der Waals surface area contributed by atoms with Crippen LogP contribution in [-0.4, -0.2) is 26.0 Å². The van der Waals surface area contributed by atoms with Gasteiger partial charge in [-0.25, -0.2) is 0 Å². The lowest BCUT2D eigenvalue weighted by molar-refractivity contribution is 0.916. The highest BCUT2D eigenvalue weighted by atomic mass is 15.4. The van der Waals surface area contributed by atoms with Gasteiger partial charge in [-0.2, -0.15) is 9.61 Å². The third-order valence-corrected chi connectivity index (χ3v) is 1.75. The zero-order valence-corrected chi connectivity index (χ0v) is 6.57. The smallest absolute Gasteiger partial charge is 0.195 e. The fraction of sp³-hybridized carbons (Fsp3) is 0.143. The van der Waals surface area contributed by atoms with Crippen LogP contribution in [0.15, 0.2) is 0 Å². The number of hydrogen-bond acceptors (Lipinski definition) is 4. The minimum Gasteiger partial charge on any atom is -0.305 e. The Bertz CT molecular complexity index is 483. The SMILES string of the molecule is C=c1c(C)nn2c(C=N)nnc12. The number of nitrogens with zero attached hydrogens (tertiary/aromatic N) is 4. The van der Waals surface area contributed by atoms with Gasteiger partial charge < -0.3 is 5.41 Å². The Morgan fingerprint density at radius 3 is 2.92 bits per heavy atom. The van der Waals surface area contributed by atoms with Gasteiger partial charge in [0.25, 0.3) is 0 Å². The lowest BCUT2D eigenvalue weighted by Crippen LogP contribution is -1.98. The molecule has 2 heterocycles. The van der Waals surface area contributed by atoms with Gasteiger partial charge in [-0.15, -0.1) is 10.2 Å². The maximum absolute atomic E-state index is 7.01. The Labute approximate surface area is 68.2 Å². The summed E-state index contributed by atoms with van der Waals surface area (Å²) in [6.07, 6.45) is 1.12. The van der Waals surface area contributed by atoms with Crippen molar-refractivity contribution < 1.29 is 0 Å². The molecule has 5 nitrogen and oxygen atoms in total. The molecule has 0 spiro atoms. The van der Waals surface area contributed by atoms with Gasteiger partial charge in [-0.3, -0.25) is 0 Å². The van der Waals surface area contributed by atoms with Gasteiger partial charge in [-0.05, 0) is 6.92 Å². The van der Waals surface area contributed by atoms with Crippen molar-refractivity contribution >= 4 is 18.4 Å². The molecule has 0 bridgehead atoms. The fourth-order valence-electron chi connectivity index (χ4n) is 1.04. The summed E-state index contributed by atoms with van der Waals surface area (Å²) >= 11 is 0. The van der Waals surface area contributed by atoms with Crippen molar-refractivity contribution in [3.05, 3.63) is 16.7 Å². The molecule has 0 saturated carbocycles. The van der Waals surface area contributed by atoms with E-state index in [2.05, 4.69) is 21.9 Å². The van der Waals surface area contributed by atoms with Gasteiger partial charge >= 0.3 is 0 Å². The van der Waals surface area contributed by atoms with Crippen LogP contribution in [0.25, 0.3) is 12.2 Å².